The molecule has 0 saturated carbocycles. The average Bonchev–Trinajstić information content (AvgIpc) is 2.76. The van der Waals surface area contributed by atoms with Gasteiger partial charge in [0.1, 0.15) is 0 Å². The Balaban J connectivity index is 2.12. The smallest absolute Gasteiger partial charge is 0.0396 e. The van der Waals surface area contributed by atoms with E-state index in [1.807, 2.05) is 0 Å². The van der Waals surface area contributed by atoms with Crippen LogP contribution >= 0.6 is 0 Å². The fourth-order valence-electron chi connectivity index (χ4n) is 2.70. The molecule has 1 atom stereocenters. The molecular weight excluding hydrogens is 208 g/mol. The van der Waals surface area contributed by atoms with Crippen molar-refractivity contribution in [1.82, 2.24) is 5.32 Å². The minimum atomic E-state index is 0.668. The predicted molar refractivity (Wildman–Crippen MR) is 74.9 cm³/mol. The van der Waals surface area contributed by atoms with E-state index < -0.39 is 0 Å². The first-order valence-corrected chi connectivity index (χ1v) is 6.60. The highest BCUT2D eigenvalue weighted by molar-refractivity contribution is 5.56. The molecule has 2 nitrogen and oxygen atoms in total. The minimum absolute atomic E-state index is 0.668. The van der Waals surface area contributed by atoms with Crippen LogP contribution in [0.3, 0.4) is 0 Å². The van der Waals surface area contributed by atoms with Crippen molar-refractivity contribution in [2.75, 3.05) is 25.0 Å². The molecule has 1 aromatic carbocycles. The van der Waals surface area contributed by atoms with E-state index in [0.717, 1.165) is 6.54 Å². The van der Waals surface area contributed by atoms with Crippen LogP contribution in [0.4, 0.5) is 5.69 Å². The van der Waals surface area contributed by atoms with Crippen molar-refractivity contribution in [1.29, 1.82) is 0 Å². The maximum atomic E-state index is 3.56. The fourth-order valence-corrected chi connectivity index (χ4v) is 2.70. The van der Waals surface area contributed by atoms with Gasteiger partial charge in [-0.15, -0.1) is 0 Å². The lowest BCUT2D eigenvalue weighted by atomic mass is 10.0. The normalized spacial score (nSPS) is 19.6. The molecule has 94 valence electrons. The van der Waals surface area contributed by atoms with E-state index in [4.69, 9.17) is 0 Å². The van der Waals surface area contributed by atoms with Gasteiger partial charge in [-0.1, -0.05) is 6.07 Å². The van der Waals surface area contributed by atoms with Crippen molar-refractivity contribution >= 4 is 5.69 Å². The Kier molecular flexibility index (Phi) is 3.72. The molecule has 1 heterocycles. The Morgan fingerprint density at radius 1 is 1.18 bits per heavy atom. The molecule has 1 unspecified atom stereocenters. The van der Waals surface area contributed by atoms with Crippen LogP contribution in [0.1, 0.15) is 29.5 Å². The second-order valence-corrected chi connectivity index (χ2v) is 5.40. The zero-order valence-corrected chi connectivity index (χ0v) is 11.5. The number of anilines is 1. The summed E-state index contributed by atoms with van der Waals surface area (Å²) >= 11 is 0. The van der Waals surface area contributed by atoms with E-state index >= 15 is 0 Å². The number of nitrogens with one attached hydrogen (secondary N) is 1. The molecule has 2 rings (SSSR count). The average molecular weight is 232 g/mol. The number of aryl methyl sites for hydroxylation is 3. The molecule has 0 radical (unpaired) electrons. The SMILES string of the molecule is Cc1cc(C)c(N(C)CC2CCCN2)cc1C. The van der Waals surface area contributed by atoms with Crippen LogP contribution in [0.15, 0.2) is 12.1 Å². The Labute approximate surface area is 105 Å². The third-order valence-electron chi connectivity index (χ3n) is 3.88. The van der Waals surface area contributed by atoms with Gasteiger partial charge in [0.25, 0.3) is 0 Å². The third-order valence-corrected chi connectivity index (χ3v) is 3.88. The molecule has 1 aliphatic heterocycles. The summed E-state index contributed by atoms with van der Waals surface area (Å²) in [5.74, 6) is 0. The maximum Gasteiger partial charge on any atom is 0.0396 e. The molecule has 1 N–H and O–H groups in total. The molecule has 0 bridgehead atoms. The number of hydrogen-bond donors (Lipinski definition) is 1. The van der Waals surface area contributed by atoms with Crippen LogP contribution < -0.4 is 10.2 Å². The zero-order valence-electron chi connectivity index (χ0n) is 11.5. The van der Waals surface area contributed by atoms with E-state index in [-0.39, 0.29) is 0 Å². The lowest BCUT2D eigenvalue weighted by Crippen LogP contribution is -2.35. The second-order valence-electron chi connectivity index (χ2n) is 5.40. The standard InChI is InChI=1S/C15H24N2/c1-11-8-13(3)15(9-12(11)2)17(4)10-14-6-5-7-16-14/h8-9,14,16H,5-7,10H2,1-4H3. The van der Waals surface area contributed by atoms with E-state index in [9.17, 15) is 0 Å². The predicted octanol–water partition coefficient (Wildman–Crippen LogP) is 2.80. The van der Waals surface area contributed by atoms with E-state index in [1.54, 1.807) is 0 Å². The van der Waals surface area contributed by atoms with Crippen molar-refractivity contribution in [3.8, 4) is 0 Å². The zero-order chi connectivity index (χ0) is 12.4. The lowest BCUT2D eigenvalue weighted by Gasteiger charge is -2.25. The summed E-state index contributed by atoms with van der Waals surface area (Å²) < 4.78 is 0. The quantitative estimate of drug-likeness (QED) is 0.862. The molecule has 2 heteroatoms. The summed E-state index contributed by atoms with van der Waals surface area (Å²) in [6.45, 7) is 8.89. The molecule has 0 amide bonds. The fraction of sp³-hybridized carbons (Fsp3) is 0.600. The summed E-state index contributed by atoms with van der Waals surface area (Å²) in [5.41, 5.74) is 5.53. The Bertz CT molecular complexity index is 392. The highest BCUT2D eigenvalue weighted by atomic mass is 15.1. The third kappa shape index (κ3) is 2.81. The van der Waals surface area contributed by atoms with Gasteiger partial charge in [0.15, 0.2) is 0 Å². The van der Waals surface area contributed by atoms with Gasteiger partial charge >= 0.3 is 0 Å². The Morgan fingerprint density at radius 2 is 1.88 bits per heavy atom. The molecule has 0 spiro atoms. The number of benzene rings is 1. The second kappa shape index (κ2) is 5.09. The summed E-state index contributed by atoms with van der Waals surface area (Å²) in [7, 11) is 2.21. The van der Waals surface area contributed by atoms with E-state index in [0.29, 0.717) is 6.04 Å². The molecule has 1 aliphatic rings. The van der Waals surface area contributed by atoms with Crippen LogP contribution in [0.5, 0.6) is 0 Å². The molecule has 1 aromatic rings. The number of nitrogens with zero attached hydrogens (tertiary/aromatic N) is 1. The lowest BCUT2D eigenvalue weighted by molar-refractivity contribution is 0.599. The molecule has 0 aliphatic carbocycles. The van der Waals surface area contributed by atoms with Crippen LogP contribution in [0.2, 0.25) is 0 Å². The van der Waals surface area contributed by atoms with Crippen LogP contribution in [0, 0.1) is 20.8 Å². The first kappa shape index (κ1) is 12.4. The van der Waals surface area contributed by atoms with Crippen molar-refractivity contribution in [3.05, 3.63) is 28.8 Å². The van der Waals surface area contributed by atoms with Gasteiger partial charge in [0, 0.05) is 25.3 Å². The van der Waals surface area contributed by atoms with Crippen LogP contribution in [0.25, 0.3) is 0 Å². The van der Waals surface area contributed by atoms with Crippen molar-refractivity contribution in [3.63, 3.8) is 0 Å². The largest absolute Gasteiger partial charge is 0.373 e. The van der Waals surface area contributed by atoms with Gasteiger partial charge in [0.05, 0.1) is 0 Å². The van der Waals surface area contributed by atoms with Crippen LogP contribution in [-0.4, -0.2) is 26.2 Å². The maximum absolute atomic E-state index is 3.56. The van der Waals surface area contributed by atoms with Gasteiger partial charge in [-0.25, -0.2) is 0 Å². The Morgan fingerprint density at radius 3 is 2.53 bits per heavy atom. The summed E-state index contributed by atoms with van der Waals surface area (Å²) in [6.07, 6.45) is 2.64. The van der Waals surface area contributed by atoms with E-state index in [2.05, 4.69) is 50.2 Å². The first-order chi connectivity index (χ1) is 8.08. The highest BCUT2D eigenvalue weighted by Crippen LogP contribution is 2.23. The summed E-state index contributed by atoms with van der Waals surface area (Å²) in [4.78, 5) is 2.39. The van der Waals surface area contributed by atoms with Crippen LogP contribution in [-0.2, 0) is 0 Å². The minimum Gasteiger partial charge on any atom is -0.373 e. The molecule has 1 fully saturated rings. The Hall–Kier alpha value is -1.02. The van der Waals surface area contributed by atoms with Gasteiger partial charge in [-0.3, -0.25) is 0 Å². The van der Waals surface area contributed by atoms with Crippen molar-refractivity contribution < 1.29 is 0 Å². The number of hydrogen-bond acceptors (Lipinski definition) is 2. The summed E-state index contributed by atoms with van der Waals surface area (Å²) in [5, 5.41) is 3.56. The topological polar surface area (TPSA) is 15.3 Å². The number of likely N-dealkylation sites (N-methyl/N-ethyl adjacent to an activating group) is 1. The molecule has 17 heavy (non-hydrogen) atoms. The van der Waals surface area contributed by atoms with E-state index in [1.165, 1.54) is 41.8 Å². The van der Waals surface area contributed by atoms with Gasteiger partial charge in [0.2, 0.25) is 0 Å². The first-order valence-electron chi connectivity index (χ1n) is 6.60. The van der Waals surface area contributed by atoms with Gasteiger partial charge in [-0.05, 0) is 62.9 Å². The number of rotatable bonds is 3. The van der Waals surface area contributed by atoms with Gasteiger partial charge in [-0.2, -0.15) is 0 Å². The van der Waals surface area contributed by atoms with Gasteiger partial charge < -0.3 is 10.2 Å². The molecule has 1 saturated heterocycles. The highest BCUT2D eigenvalue weighted by Gasteiger charge is 2.17. The van der Waals surface area contributed by atoms with Crippen molar-refractivity contribution in [2.24, 2.45) is 0 Å². The monoisotopic (exact) mass is 232 g/mol. The molecular formula is C15H24N2. The molecule has 0 aromatic heterocycles. The summed E-state index contributed by atoms with van der Waals surface area (Å²) in [6, 6.07) is 5.28. The van der Waals surface area contributed by atoms with Crippen molar-refractivity contribution in [2.45, 2.75) is 39.7 Å².